The average Bonchev–Trinajstić information content (AvgIpc) is 3.62. The molecule has 0 amide bonds. The third-order valence-corrected chi connectivity index (χ3v) is 9.81. The summed E-state index contributed by atoms with van der Waals surface area (Å²) in [6.45, 7) is 0. The van der Waals surface area contributed by atoms with Gasteiger partial charge in [0.15, 0.2) is 0 Å². The molecule has 9 rings (SSSR count). The molecule has 0 bridgehead atoms. The summed E-state index contributed by atoms with van der Waals surface area (Å²) in [5, 5.41) is 2.61. The van der Waals surface area contributed by atoms with Crippen LogP contribution in [-0.2, 0) is 0 Å². The van der Waals surface area contributed by atoms with Gasteiger partial charge in [-0.3, -0.25) is 0 Å². The van der Waals surface area contributed by atoms with Crippen molar-refractivity contribution < 1.29 is 0 Å². The van der Waals surface area contributed by atoms with Crippen molar-refractivity contribution in [2.75, 3.05) is 9.80 Å². The number of benzene rings is 5. The molecule has 0 saturated carbocycles. The van der Waals surface area contributed by atoms with Crippen molar-refractivity contribution in [1.82, 2.24) is 4.57 Å². The molecule has 218 valence electrons. The molecule has 0 fully saturated rings. The third kappa shape index (κ3) is 4.26. The van der Waals surface area contributed by atoms with Crippen LogP contribution in [0.1, 0.15) is 37.2 Å². The molecule has 5 aromatic carbocycles. The summed E-state index contributed by atoms with van der Waals surface area (Å²) in [6, 6.07) is 46.7. The second-order valence-electron chi connectivity index (χ2n) is 12.4. The number of aromatic nitrogens is 1. The van der Waals surface area contributed by atoms with Crippen molar-refractivity contribution in [2.45, 2.75) is 37.6 Å². The minimum atomic E-state index is 0.232. The van der Waals surface area contributed by atoms with Crippen molar-refractivity contribution >= 4 is 50.3 Å². The number of hydrogen-bond donors (Lipinski definition) is 0. The molecule has 3 nitrogen and oxygen atoms in total. The summed E-state index contributed by atoms with van der Waals surface area (Å²) in [5.74, 6) is 0.247. The summed E-state index contributed by atoms with van der Waals surface area (Å²) < 4.78 is 2.51. The van der Waals surface area contributed by atoms with Crippen LogP contribution in [0.2, 0.25) is 0 Å². The number of anilines is 4. The second-order valence-corrected chi connectivity index (χ2v) is 12.4. The molecular weight excluding hydrogens is 546 g/mol. The van der Waals surface area contributed by atoms with Crippen LogP contribution in [0, 0.1) is 0 Å². The first kappa shape index (κ1) is 26.2. The smallest absolute Gasteiger partial charge is 0.0631 e. The maximum atomic E-state index is 2.51. The maximum Gasteiger partial charge on any atom is 0.0631 e. The molecule has 3 heteroatoms. The third-order valence-electron chi connectivity index (χ3n) is 9.81. The van der Waals surface area contributed by atoms with Crippen LogP contribution in [-0.4, -0.2) is 10.6 Å². The number of para-hydroxylation sites is 4. The Morgan fingerprint density at radius 3 is 2.24 bits per heavy atom. The lowest BCUT2D eigenvalue weighted by Crippen LogP contribution is -2.30. The van der Waals surface area contributed by atoms with Crippen molar-refractivity contribution in [1.29, 1.82) is 0 Å². The lowest BCUT2D eigenvalue weighted by molar-refractivity contribution is 0.724. The Labute approximate surface area is 264 Å². The Morgan fingerprint density at radius 1 is 0.644 bits per heavy atom. The molecule has 2 unspecified atom stereocenters. The number of rotatable bonds is 5. The van der Waals surface area contributed by atoms with Gasteiger partial charge in [-0.25, -0.2) is 0 Å². The molecule has 2 aliphatic carbocycles. The number of nitrogens with zero attached hydrogens (tertiary/aromatic N) is 3. The minimum absolute atomic E-state index is 0.232. The van der Waals surface area contributed by atoms with Crippen molar-refractivity contribution in [2.24, 2.45) is 0 Å². The lowest BCUT2D eigenvalue weighted by atomic mass is 9.89. The van der Waals surface area contributed by atoms with Crippen molar-refractivity contribution in [3.8, 4) is 0 Å². The first-order valence-corrected chi connectivity index (χ1v) is 16.3. The van der Waals surface area contributed by atoms with E-state index in [1.54, 1.807) is 0 Å². The molecule has 45 heavy (non-hydrogen) atoms. The van der Waals surface area contributed by atoms with Gasteiger partial charge in [-0.05, 0) is 91.9 Å². The zero-order valence-corrected chi connectivity index (χ0v) is 25.3. The maximum absolute atomic E-state index is 2.51. The van der Waals surface area contributed by atoms with Gasteiger partial charge in [0, 0.05) is 50.8 Å². The zero-order chi connectivity index (χ0) is 29.7. The van der Waals surface area contributed by atoms with E-state index in [1.807, 2.05) is 0 Å². The van der Waals surface area contributed by atoms with Crippen molar-refractivity contribution in [3.63, 3.8) is 0 Å². The van der Waals surface area contributed by atoms with Crippen LogP contribution in [0.3, 0.4) is 0 Å². The topological polar surface area (TPSA) is 11.4 Å². The van der Waals surface area contributed by atoms with Gasteiger partial charge in [-0.2, -0.15) is 0 Å². The van der Waals surface area contributed by atoms with Gasteiger partial charge >= 0.3 is 0 Å². The SMILES string of the molecule is C1=CC2C(C=C1N(c1ccccc1)c1ccc3c(c1)c1ccccc1n3C1=CCCCC1)c1ccccc1N2c1ccccc1. The fourth-order valence-electron chi connectivity index (χ4n) is 7.83. The molecule has 0 saturated heterocycles. The standard InChI is InChI=1S/C42H35N3/c1-4-14-30(15-5-1)43(33-24-26-41-37(28-33)35-20-10-12-22-39(35)44(41)31-16-6-2-7-17-31)34-25-27-42-38(29-34)36-21-11-13-23-40(36)45(42)32-18-8-3-9-19-32/h1-2,4-7,10-18,20-29,37,41H,3,8-9,19H2. The molecule has 2 atom stereocenters. The average molecular weight is 582 g/mol. The fourth-order valence-corrected chi connectivity index (χ4v) is 7.83. The molecule has 3 aliphatic rings. The molecule has 0 N–H and O–H groups in total. The predicted octanol–water partition coefficient (Wildman–Crippen LogP) is 11.1. The van der Waals surface area contributed by atoms with Crippen LogP contribution in [0.15, 0.2) is 157 Å². The quantitative estimate of drug-likeness (QED) is 0.201. The van der Waals surface area contributed by atoms with Gasteiger partial charge in [-0.15, -0.1) is 0 Å². The van der Waals surface area contributed by atoms with Gasteiger partial charge in [0.2, 0.25) is 0 Å². The Morgan fingerprint density at radius 2 is 1.40 bits per heavy atom. The fraction of sp³-hybridized carbons (Fsp3) is 0.143. The van der Waals surface area contributed by atoms with Crippen LogP contribution in [0.25, 0.3) is 27.5 Å². The predicted molar refractivity (Wildman–Crippen MR) is 190 cm³/mol. The van der Waals surface area contributed by atoms with Crippen LogP contribution in [0.4, 0.5) is 22.7 Å². The summed E-state index contributed by atoms with van der Waals surface area (Å²) >= 11 is 0. The minimum Gasteiger partial charge on any atom is -0.333 e. The number of hydrogen-bond acceptors (Lipinski definition) is 2. The van der Waals surface area contributed by atoms with Crippen LogP contribution >= 0.6 is 0 Å². The van der Waals surface area contributed by atoms with Crippen LogP contribution in [0.5, 0.6) is 0 Å². The van der Waals surface area contributed by atoms with Crippen molar-refractivity contribution in [3.05, 3.63) is 163 Å². The summed E-state index contributed by atoms with van der Waals surface area (Å²) in [6.07, 6.45) is 14.5. The second kappa shape index (κ2) is 10.7. The highest BCUT2D eigenvalue weighted by Crippen LogP contribution is 2.49. The van der Waals surface area contributed by atoms with E-state index in [-0.39, 0.29) is 12.0 Å². The molecule has 1 aromatic heterocycles. The first-order chi connectivity index (χ1) is 22.3. The van der Waals surface area contributed by atoms with Gasteiger partial charge in [-0.1, -0.05) is 91.0 Å². The Bertz CT molecular complexity index is 2130. The highest BCUT2D eigenvalue weighted by molar-refractivity contribution is 6.11. The summed E-state index contributed by atoms with van der Waals surface area (Å²) in [4.78, 5) is 4.93. The molecule has 0 radical (unpaired) electrons. The molecule has 0 spiro atoms. The Hall–Kier alpha value is -5.28. The lowest BCUT2D eigenvalue weighted by Gasteiger charge is -2.33. The van der Waals surface area contributed by atoms with Crippen LogP contribution < -0.4 is 9.80 Å². The van der Waals surface area contributed by atoms with E-state index < -0.39 is 0 Å². The van der Waals surface area contributed by atoms with Gasteiger partial charge in [0.05, 0.1) is 17.1 Å². The van der Waals surface area contributed by atoms with E-state index in [9.17, 15) is 0 Å². The first-order valence-electron chi connectivity index (χ1n) is 16.3. The Kier molecular flexibility index (Phi) is 6.22. The highest BCUT2D eigenvalue weighted by atomic mass is 15.2. The molecule has 1 aliphatic heterocycles. The van der Waals surface area contributed by atoms with E-state index in [0.29, 0.717) is 0 Å². The number of fused-ring (bicyclic) bond motifs is 6. The highest BCUT2D eigenvalue weighted by Gasteiger charge is 2.38. The van der Waals surface area contributed by atoms with E-state index in [2.05, 4.69) is 166 Å². The van der Waals surface area contributed by atoms with E-state index in [4.69, 9.17) is 0 Å². The molecular formula is C42H35N3. The normalized spacial score (nSPS) is 18.9. The summed E-state index contributed by atoms with van der Waals surface area (Å²) in [7, 11) is 0. The van der Waals surface area contributed by atoms with Gasteiger partial charge < -0.3 is 14.4 Å². The zero-order valence-electron chi connectivity index (χ0n) is 25.3. The van der Waals surface area contributed by atoms with E-state index >= 15 is 0 Å². The largest absolute Gasteiger partial charge is 0.333 e. The van der Waals surface area contributed by atoms with Gasteiger partial charge in [0.1, 0.15) is 0 Å². The molecule has 6 aromatic rings. The Balaban J connectivity index is 1.20. The summed E-state index contributed by atoms with van der Waals surface area (Å²) in [5.41, 5.74) is 11.5. The monoisotopic (exact) mass is 581 g/mol. The van der Waals surface area contributed by atoms with Gasteiger partial charge in [0.25, 0.3) is 0 Å². The van der Waals surface area contributed by atoms with E-state index in [0.717, 1.165) is 18.5 Å². The molecule has 2 heterocycles. The van der Waals surface area contributed by atoms with E-state index in [1.165, 1.54) is 68.7 Å². The number of allylic oxidation sites excluding steroid dienone is 3.